The van der Waals surface area contributed by atoms with Crippen LogP contribution >= 0.6 is 0 Å². The lowest BCUT2D eigenvalue weighted by atomic mass is 10.1. The van der Waals surface area contributed by atoms with Crippen molar-refractivity contribution in [3.8, 4) is 5.75 Å². The van der Waals surface area contributed by atoms with Crippen LogP contribution in [-0.4, -0.2) is 41.6 Å². The summed E-state index contributed by atoms with van der Waals surface area (Å²) >= 11 is 0. The molecule has 1 aliphatic heterocycles. The van der Waals surface area contributed by atoms with Crippen molar-refractivity contribution in [2.45, 2.75) is 25.3 Å². The number of para-hydroxylation sites is 1. The van der Waals surface area contributed by atoms with Gasteiger partial charge < -0.3 is 14.7 Å². The minimum absolute atomic E-state index is 0.00817. The van der Waals surface area contributed by atoms with Crippen LogP contribution in [-0.2, 0) is 9.59 Å². The first kappa shape index (κ1) is 15.1. The normalized spacial score (nSPS) is 18.1. The summed E-state index contributed by atoms with van der Waals surface area (Å²) in [5.41, 5.74) is 0.822. The number of aliphatic carboxylic acids is 1. The Morgan fingerprint density at radius 3 is 2.90 bits per heavy atom. The average Bonchev–Trinajstić information content (AvgIpc) is 2.92. The lowest BCUT2D eigenvalue weighted by molar-refractivity contribution is -0.139. The summed E-state index contributed by atoms with van der Waals surface area (Å²) < 4.78 is 5.22. The molecule has 1 saturated heterocycles. The number of carbonyl (C=O) groups excluding carboxylic acids is 1. The van der Waals surface area contributed by atoms with Crippen LogP contribution in [0.4, 0.5) is 0 Å². The number of ether oxygens (including phenoxy) is 1. The highest BCUT2D eigenvalue weighted by molar-refractivity contribution is 5.92. The fourth-order valence-corrected chi connectivity index (χ4v) is 2.60. The van der Waals surface area contributed by atoms with Gasteiger partial charge in [-0.15, -0.1) is 0 Å². The van der Waals surface area contributed by atoms with Crippen molar-refractivity contribution in [3.05, 3.63) is 35.9 Å². The van der Waals surface area contributed by atoms with Crippen LogP contribution in [0.1, 0.15) is 24.8 Å². The Kier molecular flexibility index (Phi) is 4.98. The predicted molar refractivity (Wildman–Crippen MR) is 79.0 cm³/mol. The van der Waals surface area contributed by atoms with Crippen molar-refractivity contribution >= 4 is 18.0 Å². The van der Waals surface area contributed by atoms with Crippen molar-refractivity contribution in [2.75, 3.05) is 13.7 Å². The molecule has 1 amide bonds. The number of hydrogen-bond acceptors (Lipinski definition) is 3. The third kappa shape index (κ3) is 3.84. The first-order valence-corrected chi connectivity index (χ1v) is 6.95. The Bertz CT molecular complexity index is 553. The fourth-order valence-electron chi connectivity index (χ4n) is 2.60. The van der Waals surface area contributed by atoms with Crippen molar-refractivity contribution in [1.29, 1.82) is 0 Å². The summed E-state index contributed by atoms with van der Waals surface area (Å²) in [7, 11) is 1.58. The highest BCUT2D eigenvalue weighted by atomic mass is 16.5. The van der Waals surface area contributed by atoms with E-state index in [-0.39, 0.29) is 18.4 Å². The molecule has 5 nitrogen and oxygen atoms in total. The highest BCUT2D eigenvalue weighted by Crippen LogP contribution is 2.22. The number of benzene rings is 1. The first-order valence-electron chi connectivity index (χ1n) is 6.95. The Labute approximate surface area is 123 Å². The van der Waals surface area contributed by atoms with Crippen molar-refractivity contribution < 1.29 is 19.4 Å². The molecule has 0 saturated carbocycles. The van der Waals surface area contributed by atoms with E-state index in [1.165, 1.54) is 6.08 Å². The van der Waals surface area contributed by atoms with E-state index in [1.807, 2.05) is 24.3 Å². The zero-order chi connectivity index (χ0) is 15.2. The van der Waals surface area contributed by atoms with Gasteiger partial charge in [0.25, 0.3) is 0 Å². The van der Waals surface area contributed by atoms with E-state index in [4.69, 9.17) is 9.84 Å². The average molecular weight is 289 g/mol. The number of methoxy groups -OCH3 is 1. The number of nitrogens with zero attached hydrogens (tertiary/aromatic N) is 1. The smallest absolute Gasteiger partial charge is 0.305 e. The fraction of sp³-hybridized carbons (Fsp3) is 0.375. The van der Waals surface area contributed by atoms with E-state index in [1.54, 1.807) is 18.1 Å². The molecule has 1 fully saturated rings. The summed E-state index contributed by atoms with van der Waals surface area (Å²) in [6.45, 7) is 0.618. The molecular weight excluding hydrogens is 270 g/mol. The van der Waals surface area contributed by atoms with Crippen LogP contribution in [0.3, 0.4) is 0 Å². The summed E-state index contributed by atoms with van der Waals surface area (Å²) in [6, 6.07) is 7.23. The second-order valence-electron chi connectivity index (χ2n) is 5.00. The molecule has 1 aromatic rings. The van der Waals surface area contributed by atoms with Crippen LogP contribution in [0.25, 0.3) is 6.08 Å². The number of amides is 1. The van der Waals surface area contributed by atoms with E-state index in [0.717, 1.165) is 18.4 Å². The summed E-state index contributed by atoms with van der Waals surface area (Å²) in [5, 5.41) is 8.88. The summed E-state index contributed by atoms with van der Waals surface area (Å²) in [5.74, 6) is -0.317. The van der Waals surface area contributed by atoms with Crippen LogP contribution < -0.4 is 4.74 Å². The van der Waals surface area contributed by atoms with Gasteiger partial charge in [0.1, 0.15) is 5.75 Å². The number of rotatable bonds is 5. The topological polar surface area (TPSA) is 66.8 Å². The van der Waals surface area contributed by atoms with E-state index in [9.17, 15) is 9.59 Å². The molecule has 1 aromatic carbocycles. The first-order chi connectivity index (χ1) is 10.1. The Hall–Kier alpha value is -2.30. The van der Waals surface area contributed by atoms with Crippen molar-refractivity contribution in [2.24, 2.45) is 0 Å². The number of hydrogen-bond donors (Lipinski definition) is 1. The van der Waals surface area contributed by atoms with Gasteiger partial charge in [-0.3, -0.25) is 9.59 Å². The van der Waals surface area contributed by atoms with Gasteiger partial charge in [-0.25, -0.2) is 0 Å². The van der Waals surface area contributed by atoms with Crippen LogP contribution in [0.5, 0.6) is 5.75 Å². The number of carboxylic acid groups (broad SMARTS) is 1. The number of likely N-dealkylation sites (tertiary alicyclic amines) is 1. The van der Waals surface area contributed by atoms with Crippen LogP contribution in [0, 0.1) is 0 Å². The third-order valence-electron chi connectivity index (χ3n) is 3.61. The monoisotopic (exact) mass is 289 g/mol. The van der Waals surface area contributed by atoms with E-state index in [2.05, 4.69) is 0 Å². The molecule has 1 N–H and O–H groups in total. The molecule has 1 atom stereocenters. The second-order valence-corrected chi connectivity index (χ2v) is 5.00. The predicted octanol–water partition coefficient (Wildman–Crippen LogP) is 2.17. The van der Waals surface area contributed by atoms with E-state index < -0.39 is 5.97 Å². The minimum atomic E-state index is -0.867. The molecule has 0 aliphatic carbocycles. The quantitative estimate of drug-likeness (QED) is 0.844. The zero-order valence-electron chi connectivity index (χ0n) is 12.0. The van der Waals surface area contributed by atoms with Gasteiger partial charge >= 0.3 is 5.97 Å². The maximum absolute atomic E-state index is 12.2. The Balaban J connectivity index is 2.06. The minimum Gasteiger partial charge on any atom is -0.496 e. The molecular formula is C16H19NO4. The lowest BCUT2D eigenvalue weighted by Crippen LogP contribution is -2.35. The zero-order valence-corrected chi connectivity index (χ0v) is 12.0. The molecule has 1 heterocycles. The molecule has 2 rings (SSSR count). The van der Waals surface area contributed by atoms with Crippen LogP contribution in [0.2, 0.25) is 0 Å². The SMILES string of the molecule is COc1ccccc1/C=C/C(=O)N1CCCC1CC(=O)O. The largest absolute Gasteiger partial charge is 0.496 e. The van der Waals surface area contributed by atoms with Gasteiger partial charge in [-0.2, -0.15) is 0 Å². The van der Waals surface area contributed by atoms with Gasteiger partial charge in [0, 0.05) is 24.2 Å². The highest BCUT2D eigenvalue weighted by Gasteiger charge is 2.29. The standard InChI is InChI=1S/C16H19NO4/c1-21-14-7-3-2-5-12(14)8-9-15(18)17-10-4-6-13(17)11-16(19)20/h2-3,5,7-9,13H,4,6,10-11H2,1H3,(H,19,20)/b9-8+. The van der Waals surface area contributed by atoms with Gasteiger partial charge in [-0.05, 0) is 25.0 Å². The van der Waals surface area contributed by atoms with Gasteiger partial charge in [0.2, 0.25) is 5.91 Å². The Morgan fingerprint density at radius 2 is 2.19 bits per heavy atom. The van der Waals surface area contributed by atoms with E-state index >= 15 is 0 Å². The second kappa shape index (κ2) is 6.92. The van der Waals surface area contributed by atoms with Crippen molar-refractivity contribution in [1.82, 2.24) is 4.90 Å². The Morgan fingerprint density at radius 1 is 1.43 bits per heavy atom. The number of carbonyl (C=O) groups is 2. The van der Waals surface area contributed by atoms with Gasteiger partial charge in [0.05, 0.1) is 13.5 Å². The molecule has 21 heavy (non-hydrogen) atoms. The maximum Gasteiger partial charge on any atom is 0.305 e. The van der Waals surface area contributed by atoms with Gasteiger partial charge in [-0.1, -0.05) is 18.2 Å². The molecule has 0 radical (unpaired) electrons. The third-order valence-corrected chi connectivity index (χ3v) is 3.61. The van der Waals surface area contributed by atoms with E-state index in [0.29, 0.717) is 12.3 Å². The maximum atomic E-state index is 12.2. The molecule has 5 heteroatoms. The summed E-state index contributed by atoms with van der Waals surface area (Å²) in [6.07, 6.45) is 4.80. The van der Waals surface area contributed by atoms with Crippen LogP contribution in [0.15, 0.2) is 30.3 Å². The lowest BCUT2D eigenvalue weighted by Gasteiger charge is -2.21. The number of carboxylic acids is 1. The molecule has 0 bridgehead atoms. The molecule has 112 valence electrons. The van der Waals surface area contributed by atoms with Crippen molar-refractivity contribution in [3.63, 3.8) is 0 Å². The molecule has 0 spiro atoms. The van der Waals surface area contributed by atoms with Gasteiger partial charge in [0.15, 0.2) is 0 Å². The molecule has 0 aromatic heterocycles. The molecule has 1 aliphatic rings. The summed E-state index contributed by atoms with van der Waals surface area (Å²) in [4.78, 5) is 24.7. The molecule has 1 unspecified atom stereocenters.